The Morgan fingerprint density at radius 2 is 2.21 bits per heavy atom. The van der Waals surface area contributed by atoms with Crippen molar-refractivity contribution in [1.29, 1.82) is 0 Å². The third-order valence-electron chi connectivity index (χ3n) is 2.69. The van der Waals surface area contributed by atoms with E-state index in [2.05, 4.69) is 11.1 Å². The van der Waals surface area contributed by atoms with Gasteiger partial charge in [0.1, 0.15) is 0 Å². The summed E-state index contributed by atoms with van der Waals surface area (Å²) in [6.45, 7) is 0. The summed E-state index contributed by atoms with van der Waals surface area (Å²) in [6, 6.07) is 9.18. The van der Waals surface area contributed by atoms with Crippen LogP contribution in [0, 0.1) is 6.07 Å². The van der Waals surface area contributed by atoms with Crippen LogP contribution in [0.4, 0.5) is 0 Å². The zero-order chi connectivity index (χ0) is 9.54. The molecule has 14 heavy (non-hydrogen) atoms. The van der Waals surface area contributed by atoms with E-state index in [9.17, 15) is 0 Å². The first kappa shape index (κ1) is 8.25. The van der Waals surface area contributed by atoms with Crippen LogP contribution in [0.1, 0.15) is 17.7 Å². The number of hydrogen-bond acceptors (Lipinski definition) is 1. The number of pyridine rings is 1. The van der Waals surface area contributed by atoms with Crippen LogP contribution in [-0.4, -0.2) is 4.98 Å². The molecule has 0 bridgehead atoms. The first-order valence-corrected chi connectivity index (χ1v) is 5.21. The molecule has 2 heteroatoms. The number of benzene rings is 1. The Balaban J connectivity index is 2.33. The molecule has 0 amide bonds. The van der Waals surface area contributed by atoms with Gasteiger partial charge in [0, 0.05) is 16.1 Å². The van der Waals surface area contributed by atoms with Crippen LogP contribution in [-0.2, 0) is 12.8 Å². The molecule has 2 aromatic rings. The second kappa shape index (κ2) is 2.96. The van der Waals surface area contributed by atoms with Crippen LogP contribution in [0.2, 0.25) is 5.02 Å². The highest BCUT2D eigenvalue weighted by atomic mass is 35.5. The van der Waals surface area contributed by atoms with Crippen molar-refractivity contribution in [3.63, 3.8) is 0 Å². The van der Waals surface area contributed by atoms with Crippen LogP contribution in [0.25, 0.3) is 10.9 Å². The summed E-state index contributed by atoms with van der Waals surface area (Å²) in [5.41, 5.74) is 3.51. The van der Waals surface area contributed by atoms with Gasteiger partial charge in [-0.3, -0.25) is 4.98 Å². The molecule has 1 heterocycles. The third kappa shape index (κ3) is 1.20. The fourth-order valence-corrected chi connectivity index (χ4v) is 2.17. The quantitative estimate of drug-likeness (QED) is 0.640. The molecule has 0 aliphatic heterocycles. The maximum absolute atomic E-state index is 5.92. The van der Waals surface area contributed by atoms with E-state index in [1.807, 2.05) is 18.2 Å². The van der Waals surface area contributed by atoms with Crippen LogP contribution in [0.5, 0.6) is 0 Å². The van der Waals surface area contributed by atoms with E-state index in [1.165, 1.54) is 17.7 Å². The summed E-state index contributed by atoms with van der Waals surface area (Å²) < 4.78 is 0. The van der Waals surface area contributed by atoms with Crippen molar-refractivity contribution in [2.24, 2.45) is 0 Å². The zero-order valence-electron chi connectivity index (χ0n) is 7.68. The summed E-state index contributed by atoms with van der Waals surface area (Å²) in [5, 5.41) is 1.80. The number of aromatic nitrogens is 1. The second-order valence-electron chi connectivity index (χ2n) is 3.68. The van der Waals surface area contributed by atoms with Crippen LogP contribution >= 0.6 is 11.6 Å². The Morgan fingerprint density at radius 3 is 3.14 bits per heavy atom. The lowest BCUT2D eigenvalue weighted by atomic mass is 10.1. The lowest BCUT2D eigenvalue weighted by Gasteiger charge is -2.01. The number of rotatable bonds is 0. The SMILES string of the molecule is Clc1ccc2nc3c([c]c2c1)CCC3. The summed E-state index contributed by atoms with van der Waals surface area (Å²) in [7, 11) is 0. The van der Waals surface area contributed by atoms with E-state index >= 15 is 0 Å². The predicted octanol–water partition coefficient (Wildman–Crippen LogP) is 3.18. The molecule has 0 saturated heterocycles. The molecule has 1 radical (unpaired) electrons. The third-order valence-corrected chi connectivity index (χ3v) is 2.92. The minimum Gasteiger partial charge on any atom is -0.253 e. The Morgan fingerprint density at radius 1 is 1.29 bits per heavy atom. The Kier molecular flexibility index (Phi) is 1.74. The number of aryl methyl sites for hydroxylation is 2. The minimum atomic E-state index is 0.758. The van der Waals surface area contributed by atoms with Gasteiger partial charge in [-0.1, -0.05) is 11.6 Å². The van der Waals surface area contributed by atoms with Gasteiger partial charge in [0.15, 0.2) is 0 Å². The number of hydrogen-bond donors (Lipinski definition) is 0. The lowest BCUT2D eigenvalue weighted by Crippen LogP contribution is -1.89. The van der Waals surface area contributed by atoms with Gasteiger partial charge in [0.05, 0.1) is 5.52 Å². The average molecular weight is 203 g/mol. The monoisotopic (exact) mass is 202 g/mol. The fraction of sp³-hybridized carbons (Fsp3) is 0.250. The highest BCUT2D eigenvalue weighted by Gasteiger charge is 2.13. The highest BCUT2D eigenvalue weighted by Crippen LogP contribution is 2.25. The van der Waals surface area contributed by atoms with Gasteiger partial charge in [0.25, 0.3) is 0 Å². The van der Waals surface area contributed by atoms with E-state index in [1.54, 1.807) is 0 Å². The maximum atomic E-state index is 5.92. The van der Waals surface area contributed by atoms with E-state index in [0.29, 0.717) is 0 Å². The molecular formula is C12H9ClN. The molecule has 0 spiro atoms. The first-order chi connectivity index (χ1) is 6.83. The number of halogens is 1. The molecule has 0 saturated carbocycles. The van der Waals surface area contributed by atoms with E-state index in [-0.39, 0.29) is 0 Å². The van der Waals surface area contributed by atoms with Gasteiger partial charge in [-0.15, -0.1) is 0 Å². The van der Waals surface area contributed by atoms with Crippen LogP contribution in [0.15, 0.2) is 18.2 Å². The molecule has 1 aromatic heterocycles. The van der Waals surface area contributed by atoms with Crippen molar-refractivity contribution in [3.05, 3.63) is 40.5 Å². The predicted molar refractivity (Wildman–Crippen MR) is 57.6 cm³/mol. The summed E-state index contributed by atoms with van der Waals surface area (Å²) in [6.07, 6.45) is 3.43. The standard InChI is InChI=1S/C12H9ClN/c13-10-4-5-12-9(7-10)6-8-2-1-3-11(8)14-12/h4-5,7H,1-3H2. The van der Waals surface area contributed by atoms with E-state index in [4.69, 9.17) is 11.6 Å². The van der Waals surface area contributed by atoms with Crippen molar-refractivity contribution < 1.29 is 0 Å². The van der Waals surface area contributed by atoms with E-state index in [0.717, 1.165) is 28.8 Å². The Hall–Kier alpha value is -1.08. The normalized spacial score (nSPS) is 14.6. The van der Waals surface area contributed by atoms with Crippen LogP contribution < -0.4 is 0 Å². The summed E-state index contributed by atoms with van der Waals surface area (Å²) >= 11 is 5.92. The molecule has 1 aliphatic rings. The van der Waals surface area contributed by atoms with Gasteiger partial charge in [0.2, 0.25) is 0 Å². The van der Waals surface area contributed by atoms with Crippen molar-refractivity contribution in [2.75, 3.05) is 0 Å². The lowest BCUT2D eigenvalue weighted by molar-refractivity contribution is 0.901. The summed E-state index contributed by atoms with van der Waals surface area (Å²) in [4.78, 5) is 4.61. The first-order valence-electron chi connectivity index (χ1n) is 4.83. The molecule has 3 rings (SSSR count). The smallest absolute Gasteiger partial charge is 0.0712 e. The van der Waals surface area contributed by atoms with Crippen LogP contribution in [0.3, 0.4) is 0 Å². The molecule has 0 N–H and O–H groups in total. The molecule has 1 aromatic carbocycles. The number of nitrogens with zero attached hydrogens (tertiary/aromatic N) is 1. The average Bonchev–Trinajstić information content (AvgIpc) is 2.61. The van der Waals surface area contributed by atoms with Crippen molar-refractivity contribution in [3.8, 4) is 0 Å². The molecular weight excluding hydrogens is 194 g/mol. The zero-order valence-corrected chi connectivity index (χ0v) is 8.43. The molecule has 1 nitrogen and oxygen atoms in total. The second-order valence-corrected chi connectivity index (χ2v) is 4.11. The highest BCUT2D eigenvalue weighted by molar-refractivity contribution is 6.31. The van der Waals surface area contributed by atoms with Gasteiger partial charge in [-0.25, -0.2) is 0 Å². The summed E-state index contributed by atoms with van der Waals surface area (Å²) in [5.74, 6) is 0. The van der Waals surface area contributed by atoms with Gasteiger partial charge >= 0.3 is 0 Å². The fourth-order valence-electron chi connectivity index (χ4n) is 2.00. The molecule has 0 atom stereocenters. The molecule has 1 aliphatic carbocycles. The minimum absolute atomic E-state index is 0.758. The number of fused-ring (bicyclic) bond motifs is 2. The van der Waals surface area contributed by atoms with E-state index < -0.39 is 0 Å². The molecule has 0 fully saturated rings. The largest absolute Gasteiger partial charge is 0.253 e. The Labute approximate surface area is 87.7 Å². The van der Waals surface area contributed by atoms with Crippen molar-refractivity contribution in [1.82, 2.24) is 4.98 Å². The van der Waals surface area contributed by atoms with Crippen molar-refractivity contribution >= 4 is 22.5 Å². The van der Waals surface area contributed by atoms with Gasteiger partial charge in [-0.05, 0) is 49.1 Å². The maximum Gasteiger partial charge on any atom is 0.0712 e. The Bertz CT molecular complexity index is 505. The van der Waals surface area contributed by atoms with Gasteiger partial charge < -0.3 is 0 Å². The topological polar surface area (TPSA) is 12.9 Å². The van der Waals surface area contributed by atoms with Crippen molar-refractivity contribution in [2.45, 2.75) is 19.3 Å². The van der Waals surface area contributed by atoms with Gasteiger partial charge in [-0.2, -0.15) is 0 Å². The molecule has 0 unspecified atom stereocenters. The molecule has 69 valence electrons.